The molecule has 0 aromatic heterocycles. The van der Waals surface area contributed by atoms with Gasteiger partial charge in [-0.25, -0.2) is 4.79 Å². The minimum atomic E-state index is -1.36. The number of hydrogen-bond acceptors (Lipinski definition) is 3. The maximum Gasteiger partial charge on any atom is 0.347 e. The van der Waals surface area contributed by atoms with Crippen LogP contribution in [0.2, 0.25) is 10.0 Å². The number of amides is 1. The lowest BCUT2D eigenvalue weighted by Gasteiger charge is -2.21. The molecule has 0 heterocycles. The zero-order chi connectivity index (χ0) is 17.9. The lowest BCUT2D eigenvalue weighted by Crippen LogP contribution is -2.37. The number of hydrogen-bond donors (Lipinski definition) is 2. The Morgan fingerprint density at radius 2 is 1.71 bits per heavy atom. The molecule has 0 atom stereocenters. The second-order valence-electron chi connectivity index (χ2n) is 5.52. The molecule has 126 valence electrons. The van der Waals surface area contributed by atoms with Gasteiger partial charge >= 0.3 is 5.97 Å². The van der Waals surface area contributed by atoms with Crippen molar-refractivity contribution in [3.05, 3.63) is 58.1 Å². The summed E-state index contributed by atoms with van der Waals surface area (Å²) in [7, 11) is 0. The highest BCUT2D eigenvalue weighted by Gasteiger charge is 2.29. The molecule has 0 saturated heterocycles. The lowest BCUT2D eigenvalue weighted by molar-refractivity contribution is -0.152. The van der Waals surface area contributed by atoms with Crippen molar-refractivity contribution in [1.29, 1.82) is 0 Å². The molecule has 24 heavy (non-hydrogen) atoms. The number of rotatable bonds is 5. The molecule has 2 aromatic rings. The van der Waals surface area contributed by atoms with Crippen LogP contribution in [0.25, 0.3) is 0 Å². The molecule has 2 aromatic carbocycles. The van der Waals surface area contributed by atoms with Crippen LogP contribution in [0.5, 0.6) is 5.75 Å². The topological polar surface area (TPSA) is 75.6 Å². The van der Waals surface area contributed by atoms with Crippen LogP contribution in [0.4, 0.5) is 5.69 Å². The number of ether oxygens (including phenoxy) is 1. The van der Waals surface area contributed by atoms with Crippen LogP contribution in [0, 0.1) is 0 Å². The first-order valence-corrected chi connectivity index (χ1v) is 7.73. The van der Waals surface area contributed by atoms with Crippen molar-refractivity contribution in [2.45, 2.75) is 19.4 Å². The van der Waals surface area contributed by atoms with Crippen LogP contribution in [0.1, 0.15) is 24.2 Å². The second-order valence-corrected chi connectivity index (χ2v) is 6.36. The SMILES string of the molecule is CC(C)(Oc1ccc(C(=O)Nc2cc(Cl)ccc2Cl)cc1)C(=O)O. The Bertz CT molecular complexity index is 773. The molecular weight excluding hydrogens is 353 g/mol. The molecule has 5 nitrogen and oxygen atoms in total. The summed E-state index contributed by atoms with van der Waals surface area (Å²) < 4.78 is 5.38. The molecule has 7 heteroatoms. The van der Waals surface area contributed by atoms with E-state index in [1.807, 2.05) is 0 Å². The molecular formula is C17H15Cl2NO4. The highest BCUT2D eigenvalue weighted by molar-refractivity contribution is 6.35. The van der Waals surface area contributed by atoms with Crippen molar-refractivity contribution in [2.75, 3.05) is 5.32 Å². The zero-order valence-electron chi connectivity index (χ0n) is 13.0. The monoisotopic (exact) mass is 367 g/mol. The fourth-order valence-corrected chi connectivity index (χ4v) is 2.14. The average molecular weight is 368 g/mol. The van der Waals surface area contributed by atoms with Crippen LogP contribution in [-0.4, -0.2) is 22.6 Å². The van der Waals surface area contributed by atoms with E-state index < -0.39 is 11.6 Å². The van der Waals surface area contributed by atoms with Crippen molar-refractivity contribution in [3.63, 3.8) is 0 Å². The van der Waals surface area contributed by atoms with Crippen molar-refractivity contribution in [3.8, 4) is 5.75 Å². The molecule has 0 aliphatic rings. The quantitative estimate of drug-likeness (QED) is 0.816. The van der Waals surface area contributed by atoms with Crippen LogP contribution in [0.15, 0.2) is 42.5 Å². The number of carboxylic acids is 1. The van der Waals surface area contributed by atoms with E-state index in [2.05, 4.69) is 5.32 Å². The average Bonchev–Trinajstić information content (AvgIpc) is 2.51. The van der Waals surface area contributed by atoms with E-state index in [1.165, 1.54) is 38.1 Å². The van der Waals surface area contributed by atoms with E-state index in [0.29, 0.717) is 27.0 Å². The predicted molar refractivity (Wildman–Crippen MR) is 93.2 cm³/mol. The lowest BCUT2D eigenvalue weighted by atomic mass is 10.1. The van der Waals surface area contributed by atoms with E-state index >= 15 is 0 Å². The summed E-state index contributed by atoms with van der Waals surface area (Å²) in [4.78, 5) is 23.3. The standard InChI is InChI=1S/C17H15Cl2NO4/c1-17(2,16(22)23)24-12-6-3-10(4-7-12)15(21)20-14-9-11(18)5-8-13(14)19/h3-9H,1-2H3,(H,20,21)(H,22,23). The summed E-state index contributed by atoms with van der Waals surface area (Å²) in [5.74, 6) is -1.11. The van der Waals surface area contributed by atoms with Gasteiger partial charge < -0.3 is 15.2 Å². The maximum atomic E-state index is 12.2. The Hall–Kier alpha value is -2.24. The summed E-state index contributed by atoms with van der Waals surface area (Å²) in [6.07, 6.45) is 0. The number of aliphatic carboxylic acids is 1. The highest BCUT2D eigenvalue weighted by atomic mass is 35.5. The zero-order valence-corrected chi connectivity index (χ0v) is 14.5. The van der Waals surface area contributed by atoms with E-state index in [4.69, 9.17) is 33.0 Å². The highest BCUT2D eigenvalue weighted by Crippen LogP contribution is 2.26. The molecule has 0 bridgehead atoms. The molecule has 0 aliphatic carbocycles. The third-order valence-electron chi connectivity index (χ3n) is 3.18. The summed E-state index contributed by atoms with van der Waals surface area (Å²) in [6, 6.07) is 10.9. The van der Waals surface area contributed by atoms with Crippen LogP contribution >= 0.6 is 23.2 Å². The fraction of sp³-hybridized carbons (Fsp3) is 0.176. The van der Waals surface area contributed by atoms with Gasteiger partial charge in [-0.05, 0) is 56.3 Å². The largest absolute Gasteiger partial charge is 0.478 e. The van der Waals surface area contributed by atoms with Crippen molar-refractivity contribution < 1.29 is 19.4 Å². The van der Waals surface area contributed by atoms with Crippen LogP contribution < -0.4 is 10.1 Å². The number of benzene rings is 2. The smallest absolute Gasteiger partial charge is 0.347 e. The van der Waals surface area contributed by atoms with E-state index in [-0.39, 0.29) is 5.91 Å². The normalized spacial score (nSPS) is 11.0. The summed E-state index contributed by atoms with van der Waals surface area (Å²) in [6.45, 7) is 2.88. The maximum absolute atomic E-state index is 12.2. The van der Waals surface area contributed by atoms with Gasteiger partial charge in [0.05, 0.1) is 10.7 Å². The second kappa shape index (κ2) is 7.11. The Morgan fingerprint density at radius 1 is 1.08 bits per heavy atom. The van der Waals surface area contributed by atoms with Crippen LogP contribution in [-0.2, 0) is 4.79 Å². The van der Waals surface area contributed by atoms with Crippen molar-refractivity contribution in [2.24, 2.45) is 0 Å². The first kappa shape index (κ1) is 18.1. The summed E-state index contributed by atoms with van der Waals surface area (Å²) >= 11 is 11.9. The molecule has 0 fully saturated rings. The summed E-state index contributed by atoms with van der Waals surface area (Å²) in [5, 5.41) is 12.5. The molecule has 1 amide bonds. The van der Waals surface area contributed by atoms with Gasteiger partial charge in [0, 0.05) is 10.6 Å². The Kier molecular flexibility index (Phi) is 5.36. The Labute approximate surface area is 149 Å². The van der Waals surface area contributed by atoms with Gasteiger partial charge in [0.25, 0.3) is 5.91 Å². The number of carboxylic acid groups (broad SMARTS) is 1. The van der Waals surface area contributed by atoms with Gasteiger partial charge in [-0.3, -0.25) is 4.79 Å². The minimum Gasteiger partial charge on any atom is -0.478 e. The van der Waals surface area contributed by atoms with Crippen molar-refractivity contribution in [1.82, 2.24) is 0 Å². The number of carbonyl (C=O) groups is 2. The number of carbonyl (C=O) groups excluding carboxylic acids is 1. The molecule has 2 rings (SSSR count). The van der Waals surface area contributed by atoms with E-state index in [1.54, 1.807) is 18.2 Å². The fourth-order valence-electron chi connectivity index (χ4n) is 1.80. The minimum absolute atomic E-state index is 0.347. The molecule has 0 aliphatic heterocycles. The molecule has 0 spiro atoms. The van der Waals surface area contributed by atoms with Crippen LogP contribution in [0.3, 0.4) is 0 Å². The van der Waals surface area contributed by atoms with E-state index in [0.717, 1.165) is 0 Å². The molecule has 0 radical (unpaired) electrons. The van der Waals surface area contributed by atoms with Gasteiger partial charge in [-0.1, -0.05) is 23.2 Å². The predicted octanol–water partition coefficient (Wildman–Crippen LogP) is 4.49. The van der Waals surface area contributed by atoms with Gasteiger partial charge in [0.2, 0.25) is 0 Å². The molecule has 2 N–H and O–H groups in total. The first-order chi connectivity index (χ1) is 11.2. The Morgan fingerprint density at radius 3 is 2.29 bits per heavy atom. The molecule has 0 saturated carbocycles. The van der Waals surface area contributed by atoms with Gasteiger partial charge in [-0.15, -0.1) is 0 Å². The number of anilines is 1. The van der Waals surface area contributed by atoms with Gasteiger partial charge in [0.15, 0.2) is 5.60 Å². The summed E-state index contributed by atoms with van der Waals surface area (Å²) in [5.41, 5.74) is -0.592. The Balaban J connectivity index is 2.11. The first-order valence-electron chi connectivity index (χ1n) is 6.98. The third kappa shape index (κ3) is 4.40. The number of halogens is 2. The van der Waals surface area contributed by atoms with E-state index in [9.17, 15) is 9.59 Å². The van der Waals surface area contributed by atoms with Gasteiger partial charge in [0.1, 0.15) is 5.75 Å². The van der Waals surface area contributed by atoms with Crippen molar-refractivity contribution >= 4 is 40.8 Å². The third-order valence-corrected chi connectivity index (χ3v) is 3.75. The van der Waals surface area contributed by atoms with Gasteiger partial charge in [-0.2, -0.15) is 0 Å². The molecule has 0 unspecified atom stereocenters. The number of nitrogens with one attached hydrogen (secondary N) is 1.